The van der Waals surface area contributed by atoms with Gasteiger partial charge in [0.2, 0.25) is 0 Å². The van der Waals surface area contributed by atoms with Crippen LogP contribution in [0.25, 0.3) is 0 Å². The summed E-state index contributed by atoms with van der Waals surface area (Å²) in [7, 11) is 0. The second-order valence-electron chi connectivity index (χ2n) is 7.54. The Morgan fingerprint density at radius 1 is 0.839 bits per heavy atom. The second-order valence-corrected chi connectivity index (χ2v) is 10.1. The summed E-state index contributed by atoms with van der Waals surface area (Å²) in [4.78, 5) is 47.1. The van der Waals surface area contributed by atoms with Crippen molar-refractivity contribution < 1.29 is 42.9 Å². The number of esters is 4. The van der Waals surface area contributed by atoms with Crippen molar-refractivity contribution in [3.63, 3.8) is 0 Å². The zero-order valence-electron chi connectivity index (χ0n) is 18.0. The summed E-state index contributed by atoms with van der Waals surface area (Å²) in [6.07, 6.45) is -0.0280. The molecule has 9 nitrogen and oxygen atoms in total. The van der Waals surface area contributed by atoms with Gasteiger partial charge in [-0.05, 0) is 12.8 Å². The van der Waals surface area contributed by atoms with Gasteiger partial charge in [-0.25, -0.2) is 0 Å². The molecule has 1 aliphatic heterocycles. The second kappa shape index (κ2) is 12.1. The third-order valence-electron chi connectivity index (χ3n) is 4.88. The third kappa shape index (κ3) is 7.94. The van der Waals surface area contributed by atoms with E-state index in [-0.39, 0.29) is 16.7 Å². The van der Waals surface area contributed by atoms with Crippen molar-refractivity contribution in [2.24, 2.45) is 0 Å². The van der Waals surface area contributed by atoms with Crippen LogP contribution in [0.1, 0.15) is 53.4 Å². The first-order valence-electron chi connectivity index (χ1n) is 10.2. The summed E-state index contributed by atoms with van der Waals surface area (Å²) in [6, 6.07) is 0. The van der Waals surface area contributed by atoms with E-state index < -0.39 is 53.7 Å². The maximum atomic E-state index is 11.9. The smallest absolute Gasteiger partial charge is 0.303 e. The van der Waals surface area contributed by atoms with Gasteiger partial charge in [0.1, 0.15) is 18.1 Å². The first kappa shape index (κ1) is 25.9. The molecule has 2 aliphatic rings. The van der Waals surface area contributed by atoms with Crippen molar-refractivity contribution in [1.29, 1.82) is 0 Å². The minimum atomic E-state index is -1.12. The Balaban J connectivity index is 2.37. The van der Waals surface area contributed by atoms with Crippen LogP contribution in [0, 0.1) is 0 Å². The molecule has 2 fully saturated rings. The highest BCUT2D eigenvalue weighted by Gasteiger charge is 2.53. The molecule has 11 heteroatoms. The van der Waals surface area contributed by atoms with Gasteiger partial charge >= 0.3 is 23.9 Å². The Hall–Kier alpha value is -1.33. The SMILES string of the molecule is CC(=O)OCC1OC(SC2CCCCC2Br)C(OC(C)=O)C(OC(C)=O)C1OC(C)=O. The number of carbonyl (C=O) groups is 4. The average Bonchev–Trinajstić information content (AvgIpc) is 2.65. The molecule has 0 aromatic heterocycles. The molecule has 1 heterocycles. The molecular weight excluding hydrogens is 496 g/mol. The lowest BCUT2D eigenvalue weighted by Gasteiger charge is -2.45. The van der Waals surface area contributed by atoms with Crippen molar-refractivity contribution in [3.8, 4) is 0 Å². The Morgan fingerprint density at radius 2 is 1.39 bits per heavy atom. The molecule has 0 bridgehead atoms. The van der Waals surface area contributed by atoms with E-state index >= 15 is 0 Å². The van der Waals surface area contributed by atoms with Gasteiger partial charge in [-0.3, -0.25) is 19.2 Å². The number of thioether (sulfide) groups is 1. The lowest BCUT2D eigenvalue weighted by molar-refractivity contribution is -0.237. The lowest BCUT2D eigenvalue weighted by atomic mass is 9.99. The highest BCUT2D eigenvalue weighted by molar-refractivity contribution is 9.09. The van der Waals surface area contributed by atoms with Crippen LogP contribution in [-0.4, -0.2) is 70.4 Å². The highest BCUT2D eigenvalue weighted by atomic mass is 79.9. The minimum absolute atomic E-state index is 0.175. The Bertz CT molecular complexity index is 673. The monoisotopic (exact) mass is 524 g/mol. The summed E-state index contributed by atoms with van der Waals surface area (Å²) < 4.78 is 27.6. The summed E-state index contributed by atoms with van der Waals surface area (Å²) in [5.41, 5.74) is -0.719. The van der Waals surface area contributed by atoms with Crippen LogP contribution in [0.3, 0.4) is 0 Å². The molecule has 0 aromatic rings. The van der Waals surface area contributed by atoms with Crippen LogP contribution in [0.15, 0.2) is 0 Å². The number of ether oxygens (including phenoxy) is 5. The van der Waals surface area contributed by atoms with Crippen molar-refractivity contribution in [3.05, 3.63) is 0 Å². The van der Waals surface area contributed by atoms with Crippen molar-refractivity contribution >= 4 is 51.6 Å². The Labute approximate surface area is 194 Å². The zero-order chi connectivity index (χ0) is 23.1. The maximum Gasteiger partial charge on any atom is 0.303 e. The molecule has 1 saturated carbocycles. The van der Waals surface area contributed by atoms with Gasteiger partial charge in [0.25, 0.3) is 0 Å². The van der Waals surface area contributed by atoms with Crippen molar-refractivity contribution in [2.45, 2.75) is 93.3 Å². The molecule has 0 aromatic carbocycles. The van der Waals surface area contributed by atoms with E-state index in [0.29, 0.717) is 0 Å². The fraction of sp³-hybridized carbons (Fsp3) is 0.800. The van der Waals surface area contributed by atoms with E-state index in [9.17, 15) is 19.2 Å². The molecule has 0 N–H and O–H groups in total. The predicted molar refractivity (Wildman–Crippen MR) is 115 cm³/mol. The fourth-order valence-electron chi connectivity index (χ4n) is 3.68. The molecule has 2 rings (SSSR count). The molecule has 0 amide bonds. The van der Waals surface area contributed by atoms with Crippen LogP contribution in [0.4, 0.5) is 0 Å². The molecule has 7 atom stereocenters. The van der Waals surface area contributed by atoms with Crippen LogP contribution in [0.2, 0.25) is 0 Å². The van der Waals surface area contributed by atoms with Crippen LogP contribution >= 0.6 is 27.7 Å². The normalized spacial score (nSPS) is 33.1. The summed E-state index contributed by atoms with van der Waals surface area (Å²) in [5.74, 6) is -2.39. The fourth-order valence-corrected chi connectivity index (χ4v) is 6.16. The standard InChI is InChI=1S/C20H29BrO9S/c1-10(22)26-9-15-17(27-11(2)23)18(28-12(3)24)19(29-13(4)25)20(30-15)31-16-8-6-5-7-14(16)21/h14-20H,5-9H2,1-4H3. The third-order valence-corrected chi connectivity index (χ3v) is 7.89. The van der Waals surface area contributed by atoms with E-state index in [0.717, 1.165) is 25.7 Å². The van der Waals surface area contributed by atoms with Crippen LogP contribution < -0.4 is 0 Å². The minimum Gasteiger partial charge on any atom is -0.463 e. The number of halogens is 1. The predicted octanol–water partition coefficient (Wildman–Crippen LogP) is 2.51. The molecule has 7 unspecified atom stereocenters. The Morgan fingerprint density at radius 3 is 1.94 bits per heavy atom. The van der Waals surface area contributed by atoms with Crippen molar-refractivity contribution in [2.75, 3.05) is 6.61 Å². The maximum absolute atomic E-state index is 11.9. The molecule has 1 saturated heterocycles. The molecule has 1 aliphatic carbocycles. The zero-order valence-corrected chi connectivity index (χ0v) is 20.4. The van der Waals surface area contributed by atoms with E-state index in [1.54, 1.807) is 0 Å². The first-order chi connectivity index (χ1) is 14.6. The number of hydrogen-bond donors (Lipinski definition) is 0. The molecule has 0 spiro atoms. The summed E-state index contributed by atoms with van der Waals surface area (Å²) in [6.45, 7) is 4.69. The summed E-state index contributed by atoms with van der Waals surface area (Å²) >= 11 is 5.18. The molecule has 0 radical (unpaired) electrons. The van der Waals surface area contributed by atoms with Crippen molar-refractivity contribution in [1.82, 2.24) is 0 Å². The number of rotatable bonds is 7. The van der Waals surface area contributed by atoms with Gasteiger partial charge in [0, 0.05) is 37.8 Å². The van der Waals surface area contributed by atoms with E-state index in [1.165, 1.54) is 39.5 Å². The lowest BCUT2D eigenvalue weighted by Crippen LogP contribution is -2.62. The van der Waals surface area contributed by atoms with Crippen LogP contribution in [0.5, 0.6) is 0 Å². The number of alkyl halides is 1. The van der Waals surface area contributed by atoms with E-state index in [4.69, 9.17) is 23.7 Å². The van der Waals surface area contributed by atoms with E-state index in [1.807, 2.05) is 0 Å². The van der Waals surface area contributed by atoms with E-state index in [2.05, 4.69) is 15.9 Å². The van der Waals surface area contributed by atoms with Gasteiger partial charge in [0.15, 0.2) is 18.3 Å². The topological polar surface area (TPSA) is 114 Å². The quantitative estimate of drug-likeness (QED) is 0.279. The van der Waals surface area contributed by atoms with Gasteiger partial charge in [-0.15, -0.1) is 11.8 Å². The molecular formula is C20H29BrO9S. The summed E-state index contributed by atoms with van der Waals surface area (Å²) in [5, 5.41) is 0.175. The average molecular weight is 525 g/mol. The van der Waals surface area contributed by atoms with Gasteiger partial charge in [-0.1, -0.05) is 28.8 Å². The van der Waals surface area contributed by atoms with Gasteiger partial charge < -0.3 is 23.7 Å². The Kier molecular flexibility index (Phi) is 10.1. The largest absolute Gasteiger partial charge is 0.463 e. The highest BCUT2D eigenvalue weighted by Crippen LogP contribution is 2.41. The first-order valence-corrected chi connectivity index (χ1v) is 12.0. The number of carbonyl (C=O) groups excluding carboxylic acids is 4. The molecule has 176 valence electrons. The molecule has 31 heavy (non-hydrogen) atoms. The van der Waals surface area contributed by atoms with Crippen LogP contribution in [-0.2, 0) is 42.9 Å². The van der Waals surface area contributed by atoms with Gasteiger partial charge in [-0.2, -0.15) is 0 Å². The number of hydrogen-bond acceptors (Lipinski definition) is 10. The van der Waals surface area contributed by atoms with Gasteiger partial charge in [0.05, 0.1) is 0 Å².